The summed E-state index contributed by atoms with van der Waals surface area (Å²) in [5, 5.41) is 2.64. The van der Waals surface area contributed by atoms with E-state index in [4.69, 9.17) is 4.74 Å². The van der Waals surface area contributed by atoms with E-state index in [9.17, 15) is 0 Å². The van der Waals surface area contributed by atoms with Gasteiger partial charge in [0.05, 0.1) is 6.10 Å². The summed E-state index contributed by atoms with van der Waals surface area (Å²) in [6, 6.07) is 15.2. The molecule has 17 heavy (non-hydrogen) atoms. The molecule has 0 heterocycles. The van der Waals surface area contributed by atoms with Crippen LogP contribution in [-0.2, 0) is 11.2 Å². The highest BCUT2D eigenvalue weighted by molar-refractivity contribution is 5.82. The third-order valence-electron chi connectivity index (χ3n) is 3.10. The van der Waals surface area contributed by atoms with E-state index in [-0.39, 0.29) is 0 Å². The zero-order chi connectivity index (χ0) is 12.1. The van der Waals surface area contributed by atoms with Crippen molar-refractivity contribution in [1.29, 1.82) is 0 Å². The zero-order valence-corrected chi connectivity index (χ0v) is 10.6. The molecule has 2 rings (SSSR count). The first-order chi connectivity index (χ1) is 8.29. The molecule has 0 N–H and O–H groups in total. The topological polar surface area (TPSA) is 9.23 Å². The molecule has 0 saturated heterocycles. The van der Waals surface area contributed by atoms with Crippen LogP contribution >= 0.6 is 0 Å². The van der Waals surface area contributed by atoms with Gasteiger partial charge in [-0.3, -0.25) is 0 Å². The van der Waals surface area contributed by atoms with E-state index in [0.717, 1.165) is 19.4 Å². The molecule has 0 aliphatic heterocycles. The lowest BCUT2D eigenvalue weighted by Crippen LogP contribution is -2.08. The van der Waals surface area contributed by atoms with Crippen LogP contribution in [0.25, 0.3) is 10.8 Å². The SMILES string of the molecule is CCOC(C)CCc1ccc2ccccc2c1. The maximum absolute atomic E-state index is 5.55. The molecule has 0 spiro atoms. The highest BCUT2D eigenvalue weighted by Crippen LogP contribution is 2.17. The summed E-state index contributed by atoms with van der Waals surface area (Å²) in [5.74, 6) is 0. The van der Waals surface area contributed by atoms with E-state index in [1.165, 1.54) is 16.3 Å². The Bertz CT molecular complexity index is 476. The fourth-order valence-corrected chi connectivity index (χ4v) is 2.13. The quantitative estimate of drug-likeness (QED) is 0.745. The van der Waals surface area contributed by atoms with Crippen LogP contribution in [0.15, 0.2) is 42.5 Å². The molecule has 0 aliphatic carbocycles. The minimum Gasteiger partial charge on any atom is -0.379 e. The minimum absolute atomic E-state index is 0.353. The van der Waals surface area contributed by atoms with Gasteiger partial charge >= 0.3 is 0 Å². The van der Waals surface area contributed by atoms with Gasteiger partial charge in [0.1, 0.15) is 0 Å². The standard InChI is InChI=1S/C16H20O/c1-3-17-13(2)8-9-14-10-11-15-6-4-5-7-16(15)12-14/h4-7,10-13H,3,8-9H2,1-2H3. The van der Waals surface area contributed by atoms with Crippen molar-refractivity contribution in [3.8, 4) is 0 Å². The molecule has 0 aliphatic rings. The highest BCUT2D eigenvalue weighted by atomic mass is 16.5. The van der Waals surface area contributed by atoms with Crippen LogP contribution in [0.1, 0.15) is 25.8 Å². The van der Waals surface area contributed by atoms with Gasteiger partial charge in [-0.2, -0.15) is 0 Å². The largest absolute Gasteiger partial charge is 0.379 e. The molecule has 90 valence electrons. The van der Waals surface area contributed by atoms with Crippen molar-refractivity contribution in [3.63, 3.8) is 0 Å². The summed E-state index contributed by atoms with van der Waals surface area (Å²) in [7, 11) is 0. The summed E-state index contributed by atoms with van der Waals surface area (Å²) in [4.78, 5) is 0. The van der Waals surface area contributed by atoms with Gasteiger partial charge in [-0.25, -0.2) is 0 Å². The average molecular weight is 228 g/mol. The maximum atomic E-state index is 5.55. The zero-order valence-electron chi connectivity index (χ0n) is 10.6. The van der Waals surface area contributed by atoms with Crippen LogP contribution in [0, 0.1) is 0 Å². The second-order valence-corrected chi connectivity index (χ2v) is 4.49. The Hall–Kier alpha value is -1.34. The van der Waals surface area contributed by atoms with Crippen molar-refractivity contribution in [2.24, 2.45) is 0 Å². The predicted octanol–water partition coefficient (Wildman–Crippen LogP) is 4.20. The Labute approximate surface area is 103 Å². The molecule has 1 unspecified atom stereocenters. The highest BCUT2D eigenvalue weighted by Gasteiger charge is 2.02. The van der Waals surface area contributed by atoms with Crippen LogP contribution in [0.3, 0.4) is 0 Å². The Morgan fingerprint density at radius 3 is 2.59 bits per heavy atom. The van der Waals surface area contributed by atoms with Crippen molar-refractivity contribution in [2.45, 2.75) is 32.8 Å². The summed E-state index contributed by atoms with van der Waals surface area (Å²) >= 11 is 0. The first kappa shape index (κ1) is 12.1. The number of rotatable bonds is 5. The summed E-state index contributed by atoms with van der Waals surface area (Å²) in [5.41, 5.74) is 1.40. The Morgan fingerprint density at radius 1 is 1.06 bits per heavy atom. The Morgan fingerprint density at radius 2 is 1.82 bits per heavy atom. The number of aryl methyl sites for hydroxylation is 1. The molecular weight excluding hydrogens is 208 g/mol. The first-order valence-corrected chi connectivity index (χ1v) is 6.39. The van der Waals surface area contributed by atoms with Crippen LogP contribution < -0.4 is 0 Å². The van der Waals surface area contributed by atoms with E-state index in [0.29, 0.717) is 6.10 Å². The van der Waals surface area contributed by atoms with Gasteiger partial charge < -0.3 is 4.74 Å². The van der Waals surface area contributed by atoms with Gasteiger partial charge in [-0.05, 0) is 43.0 Å². The molecule has 0 amide bonds. The average Bonchev–Trinajstić information content (AvgIpc) is 2.36. The molecule has 2 aromatic rings. The van der Waals surface area contributed by atoms with Crippen LogP contribution in [0.2, 0.25) is 0 Å². The number of hydrogen-bond acceptors (Lipinski definition) is 1. The summed E-state index contributed by atoms with van der Waals surface area (Å²) in [6.45, 7) is 5.00. The summed E-state index contributed by atoms with van der Waals surface area (Å²) < 4.78 is 5.55. The Balaban J connectivity index is 2.04. The van der Waals surface area contributed by atoms with Crippen molar-refractivity contribution >= 4 is 10.8 Å². The number of fused-ring (bicyclic) bond motifs is 1. The van der Waals surface area contributed by atoms with Crippen LogP contribution in [0.5, 0.6) is 0 Å². The van der Waals surface area contributed by atoms with Gasteiger partial charge in [0.25, 0.3) is 0 Å². The van der Waals surface area contributed by atoms with E-state index < -0.39 is 0 Å². The van der Waals surface area contributed by atoms with Crippen molar-refractivity contribution in [2.75, 3.05) is 6.61 Å². The molecule has 0 radical (unpaired) electrons. The second kappa shape index (κ2) is 5.83. The first-order valence-electron chi connectivity index (χ1n) is 6.39. The number of ether oxygens (including phenoxy) is 1. The van der Waals surface area contributed by atoms with E-state index in [1.54, 1.807) is 0 Å². The fourth-order valence-electron chi connectivity index (χ4n) is 2.13. The third-order valence-corrected chi connectivity index (χ3v) is 3.10. The molecule has 1 nitrogen and oxygen atoms in total. The maximum Gasteiger partial charge on any atom is 0.0550 e. The Kier molecular flexibility index (Phi) is 4.16. The molecule has 0 fully saturated rings. The molecule has 1 heteroatoms. The van der Waals surface area contributed by atoms with Crippen molar-refractivity contribution in [1.82, 2.24) is 0 Å². The molecular formula is C16H20O. The van der Waals surface area contributed by atoms with E-state index in [1.807, 2.05) is 6.92 Å². The van der Waals surface area contributed by atoms with Gasteiger partial charge in [-0.1, -0.05) is 42.5 Å². The molecule has 1 atom stereocenters. The van der Waals surface area contributed by atoms with Gasteiger partial charge in [-0.15, -0.1) is 0 Å². The van der Waals surface area contributed by atoms with Crippen LogP contribution in [-0.4, -0.2) is 12.7 Å². The molecule has 0 aromatic heterocycles. The third kappa shape index (κ3) is 3.31. The smallest absolute Gasteiger partial charge is 0.0550 e. The van der Waals surface area contributed by atoms with Gasteiger partial charge in [0, 0.05) is 6.61 Å². The van der Waals surface area contributed by atoms with Crippen molar-refractivity contribution in [3.05, 3.63) is 48.0 Å². The number of benzene rings is 2. The molecule has 0 saturated carbocycles. The van der Waals surface area contributed by atoms with Crippen LogP contribution in [0.4, 0.5) is 0 Å². The summed E-state index contributed by atoms with van der Waals surface area (Å²) in [6.07, 6.45) is 2.53. The second-order valence-electron chi connectivity index (χ2n) is 4.49. The fraction of sp³-hybridized carbons (Fsp3) is 0.375. The number of hydrogen-bond donors (Lipinski definition) is 0. The normalized spacial score (nSPS) is 12.8. The minimum atomic E-state index is 0.353. The van der Waals surface area contributed by atoms with E-state index in [2.05, 4.69) is 49.4 Å². The van der Waals surface area contributed by atoms with E-state index >= 15 is 0 Å². The monoisotopic (exact) mass is 228 g/mol. The van der Waals surface area contributed by atoms with Gasteiger partial charge in [0.2, 0.25) is 0 Å². The molecule has 0 bridgehead atoms. The van der Waals surface area contributed by atoms with Crippen molar-refractivity contribution < 1.29 is 4.74 Å². The van der Waals surface area contributed by atoms with Gasteiger partial charge in [0.15, 0.2) is 0 Å². The lowest BCUT2D eigenvalue weighted by Gasteiger charge is -2.11. The molecule has 2 aromatic carbocycles. The predicted molar refractivity (Wildman–Crippen MR) is 73.4 cm³/mol. The lowest BCUT2D eigenvalue weighted by molar-refractivity contribution is 0.0706. The lowest BCUT2D eigenvalue weighted by atomic mass is 10.0.